The van der Waals surface area contributed by atoms with Crippen LogP contribution in [0.1, 0.15) is 11.1 Å². The Balaban J connectivity index is 1.73. The first-order valence-electron chi connectivity index (χ1n) is 9.60. The highest BCUT2D eigenvalue weighted by Crippen LogP contribution is 2.29. The van der Waals surface area contributed by atoms with E-state index in [9.17, 15) is 9.90 Å². The average Bonchev–Trinajstić information content (AvgIpc) is 3.18. The normalized spacial score (nSPS) is 11.9. The van der Waals surface area contributed by atoms with Gasteiger partial charge < -0.3 is 20.4 Å². The predicted molar refractivity (Wildman–Crippen MR) is 118 cm³/mol. The van der Waals surface area contributed by atoms with E-state index in [1.807, 2.05) is 37.3 Å². The number of fused-ring (bicyclic) bond motifs is 1. The number of aliphatic hydroxyl groups excluding tert-OH is 1. The van der Waals surface area contributed by atoms with Gasteiger partial charge in [-0.15, -0.1) is 0 Å². The number of hydrogen-bond acceptors (Lipinski definition) is 4. The lowest BCUT2D eigenvalue weighted by molar-refractivity contribution is 0.274. The van der Waals surface area contributed by atoms with E-state index < -0.39 is 0 Å². The van der Waals surface area contributed by atoms with Crippen LogP contribution >= 0.6 is 0 Å². The number of H-pyrrole nitrogens is 2. The first-order chi connectivity index (χ1) is 14.6. The monoisotopic (exact) mass is 399 g/mol. The molecular formula is C23H21N5O2. The zero-order valence-electron chi connectivity index (χ0n) is 16.4. The van der Waals surface area contributed by atoms with Crippen molar-refractivity contribution in [3.05, 3.63) is 87.6 Å². The van der Waals surface area contributed by atoms with Crippen LogP contribution < -0.4 is 10.9 Å². The highest BCUT2D eigenvalue weighted by atomic mass is 16.3. The molecule has 4 rings (SSSR count). The van der Waals surface area contributed by atoms with E-state index in [2.05, 4.69) is 25.1 Å². The summed E-state index contributed by atoms with van der Waals surface area (Å²) in [6.45, 7) is 9.05. The summed E-state index contributed by atoms with van der Waals surface area (Å²) in [4.78, 5) is 26.7. The fourth-order valence-electron chi connectivity index (χ4n) is 3.57. The summed E-state index contributed by atoms with van der Waals surface area (Å²) in [5, 5.41) is 13.2. The van der Waals surface area contributed by atoms with Crippen LogP contribution in [0.4, 0.5) is 11.4 Å². The number of nitrogens with one attached hydrogen (secondary N) is 3. The molecule has 2 aromatic carbocycles. The largest absolute Gasteiger partial charge is 0.394 e. The summed E-state index contributed by atoms with van der Waals surface area (Å²) in [6.07, 6.45) is 2.17. The molecule has 0 aliphatic carbocycles. The van der Waals surface area contributed by atoms with Crippen LogP contribution in [0.3, 0.4) is 0 Å². The van der Waals surface area contributed by atoms with Crippen LogP contribution in [-0.4, -0.2) is 32.7 Å². The zero-order valence-corrected chi connectivity index (χ0v) is 16.4. The standard InChI is InChI=1S/C23H21N5O2/c1-14-10-16(24-2)12-19-21(14)28-22(27-19)20-18(8-9-25-23(20)30)26-17(13-29)11-15-6-4-3-5-7-15/h3-10,12,17,29H,11,13H2,1H3,(H,27,28)(H2,25,26,30). The van der Waals surface area contributed by atoms with Gasteiger partial charge >= 0.3 is 0 Å². The van der Waals surface area contributed by atoms with Crippen molar-refractivity contribution in [2.24, 2.45) is 0 Å². The molecule has 0 radical (unpaired) electrons. The minimum Gasteiger partial charge on any atom is -0.394 e. The Morgan fingerprint density at radius 3 is 2.77 bits per heavy atom. The van der Waals surface area contributed by atoms with Crippen molar-refractivity contribution in [2.75, 3.05) is 11.9 Å². The van der Waals surface area contributed by atoms with E-state index in [-0.39, 0.29) is 18.2 Å². The molecule has 0 bridgehead atoms. The number of anilines is 1. The van der Waals surface area contributed by atoms with Gasteiger partial charge in [0, 0.05) is 6.20 Å². The van der Waals surface area contributed by atoms with Crippen molar-refractivity contribution in [3.63, 3.8) is 0 Å². The summed E-state index contributed by atoms with van der Waals surface area (Å²) in [6, 6.07) is 14.8. The summed E-state index contributed by atoms with van der Waals surface area (Å²) in [5.74, 6) is 0.413. The molecule has 0 saturated heterocycles. The van der Waals surface area contributed by atoms with E-state index >= 15 is 0 Å². The summed E-state index contributed by atoms with van der Waals surface area (Å²) in [7, 11) is 0. The molecule has 0 saturated carbocycles. The maximum atomic E-state index is 12.7. The number of aliphatic hydroxyl groups is 1. The third-order valence-electron chi connectivity index (χ3n) is 4.99. The van der Waals surface area contributed by atoms with Crippen LogP contribution in [0.2, 0.25) is 0 Å². The maximum absolute atomic E-state index is 12.7. The Hall–Kier alpha value is -3.89. The van der Waals surface area contributed by atoms with Crippen molar-refractivity contribution < 1.29 is 5.11 Å². The van der Waals surface area contributed by atoms with Crippen LogP contribution in [0.15, 0.2) is 59.5 Å². The van der Waals surface area contributed by atoms with Gasteiger partial charge in [0.2, 0.25) is 0 Å². The van der Waals surface area contributed by atoms with E-state index in [0.717, 1.165) is 16.6 Å². The molecule has 4 N–H and O–H groups in total. The van der Waals surface area contributed by atoms with Gasteiger partial charge in [0.25, 0.3) is 5.56 Å². The second kappa shape index (κ2) is 8.23. The summed E-state index contributed by atoms with van der Waals surface area (Å²) < 4.78 is 0. The topological polar surface area (TPSA) is 98.2 Å². The quantitative estimate of drug-likeness (QED) is 0.371. The number of rotatable bonds is 6. The van der Waals surface area contributed by atoms with E-state index in [1.165, 1.54) is 0 Å². The predicted octanol–water partition coefficient (Wildman–Crippen LogP) is 3.79. The number of benzene rings is 2. The number of pyridine rings is 1. The Labute approximate surface area is 173 Å². The van der Waals surface area contributed by atoms with Gasteiger partial charge in [-0.1, -0.05) is 36.4 Å². The molecule has 7 heteroatoms. The first kappa shape index (κ1) is 19.4. The van der Waals surface area contributed by atoms with Crippen molar-refractivity contribution in [1.82, 2.24) is 15.0 Å². The molecule has 4 aromatic rings. The van der Waals surface area contributed by atoms with Gasteiger partial charge in [0.1, 0.15) is 11.4 Å². The molecule has 2 aromatic heterocycles. The van der Waals surface area contributed by atoms with Crippen molar-refractivity contribution in [2.45, 2.75) is 19.4 Å². The molecule has 0 spiro atoms. The Morgan fingerprint density at radius 2 is 2.03 bits per heavy atom. The minimum absolute atomic E-state index is 0.0886. The number of nitrogens with zero attached hydrogens (tertiary/aromatic N) is 2. The van der Waals surface area contributed by atoms with Crippen LogP contribution in [0.25, 0.3) is 27.3 Å². The maximum Gasteiger partial charge on any atom is 0.261 e. The third-order valence-corrected chi connectivity index (χ3v) is 4.99. The van der Waals surface area contributed by atoms with E-state index in [0.29, 0.717) is 34.7 Å². The van der Waals surface area contributed by atoms with Crippen LogP contribution in [0, 0.1) is 13.5 Å². The molecule has 30 heavy (non-hydrogen) atoms. The van der Waals surface area contributed by atoms with Gasteiger partial charge in [-0.25, -0.2) is 9.83 Å². The van der Waals surface area contributed by atoms with Crippen molar-refractivity contribution >= 4 is 22.4 Å². The summed E-state index contributed by atoms with van der Waals surface area (Å²) in [5.41, 5.74) is 4.53. The lowest BCUT2D eigenvalue weighted by atomic mass is 10.1. The molecule has 0 aliphatic rings. The van der Waals surface area contributed by atoms with Gasteiger partial charge in [0.15, 0.2) is 5.69 Å². The third kappa shape index (κ3) is 3.81. The van der Waals surface area contributed by atoms with Crippen molar-refractivity contribution in [1.29, 1.82) is 0 Å². The second-order valence-corrected chi connectivity index (χ2v) is 7.17. The fraction of sp³-hybridized carbons (Fsp3) is 0.174. The highest BCUT2D eigenvalue weighted by molar-refractivity contribution is 5.87. The second-order valence-electron chi connectivity index (χ2n) is 7.17. The average molecular weight is 399 g/mol. The molecule has 0 fully saturated rings. The number of hydrogen-bond donors (Lipinski definition) is 4. The SMILES string of the molecule is [C-]#[N+]c1cc(C)c2nc(-c3c(NC(CO)Cc4ccccc4)cc[nH]c3=O)[nH]c2c1. The Kier molecular flexibility index (Phi) is 5.33. The number of aromatic nitrogens is 3. The van der Waals surface area contributed by atoms with Gasteiger partial charge in [0.05, 0.1) is 35.9 Å². The van der Waals surface area contributed by atoms with Gasteiger partial charge in [-0.05, 0) is 36.6 Å². The molecule has 2 heterocycles. The van der Waals surface area contributed by atoms with Gasteiger partial charge in [-0.3, -0.25) is 4.79 Å². The number of aromatic amines is 2. The molecule has 0 aliphatic heterocycles. The van der Waals surface area contributed by atoms with Crippen LogP contribution in [-0.2, 0) is 6.42 Å². The van der Waals surface area contributed by atoms with E-state index in [1.54, 1.807) is 24.4 Å². The molecule has 1 atom stereocenters. The minimum atomic E-state index is -0.293. The Morgan fingerprint density at radius 1 is 1.23 bits per heavy atom. The fourth-order valence-corrected chi connectivity index (χ4v) is 3.57. The zero-order chi connectivity index (χ0) is 21.1. The highest BCUT2D eigenvalue weighted by Gasteiger charge is 2.18. The Bertz CT molecular complexity index is 1280. The molecule has 0 amide bonds. The van der Waals surface area contributed by atoms with Crippen molar-refractivity contribution in [3.8, 4) is 11.4 Å². The summed E-state index contributed by atoms with van der Waals surface area (Å²) >= 11 is 0. The molecule has 1 unspecified atom stereocenters. The molecule has 7 nitrogen and oxygen atoms in total. The lowest BCUT2D eigenvalue weighted by Crippen LogP contribution is -2.28. The lowest BCUT2D eigenvalue weighted by Gasteiger charge is -2.19. The number of imidazole rings is 1. The van der Waals surface area contributed by atoms with Gasteiger partial charge in [-0.2, -0.15) is 0 Å². The number of aryl methyl sites for hydroxylation is 1. The van der Waals surface area contributed by atoms with Crippen LogP contribution in [0.5, 0.6) is 0 Å². The molecular weight excluding hydrogens is 378 g/mol. The van der Waals surface area contributed by atoms with E-state index in [4.69, 9.17) is 6.57 Å². The molecule has 150 valence electrons. The first-order valence-corrected chi connectivity index (χ1v) is 9.60. The smallest absolute Gasteiger partial charge is 0.261 e.